The second kappa shape index (κ2) is 6.89. The third-order valence-corrected chi connectivity index (χ3v) is 1.68. The second-order valence-corrected chi connectivity index (χ2v) is 2.52. The van der Waals surface area contributed by atoms with E-state index in [2.05, 4.69) is 16.5 Å². The summed E-state index contributed by atoms with van der Waals surface area (Å²) in [6.45, 7) is 9.35. The monoisotopic (exact) mass is 168 g/mol. The number of rotatable bonds is 3. The minimum atomic E-state index is 1.11. The van der Waals surface area contributed by atoms with Gasteiger partial charge in [-0.25, -0.2) is 4.98 Å². The molecule has 0 aliphatic rings. The average Bonchev–Trinajstić information content (AvgIpc) is 2.51. The maximum atomic E-state index is 4.13. The largest absolute Gasteiger partial charge is 0.335 e. The molecule has 2 nitrogen and oxygen atoms in total. The minimum Gasteiger partial charge on any atom is -0.335 e. The molecule has 0 radical (unpaired) electrons. The van der Waals surface area contributed by atoms with Gasteiger partial charge in [0.1, 0.15) is 5.82 Å². The normalized spacial score (nSPS) is 9.00. The van der Waals surface area contributed by atoms with Crippen LogP contribution in [0, 0.1) is 6.92 Å². The van der Waals surface area contributed by atoms with Crippen LogP contribution in [0.3, 0.4) is 0 Å². The highest BCUT2D eigenvalue weighted by atomic mass is 15.0. The minimum absolute atomic E-state index is 1.11. The topological polar surface area (TPSA) is 17.8 Å². The van der Waals surface area contributed by atoms with Crippen LogP contribution < -0.4 is 0 Å². The van der Waals surface area contributed by atoms with Crippen molar-refractivity contribution in [1.29, 1.82) is 0 Å². The summed E-state index contributed by atoms with van der Waals surface area (Å²) in [4.78, 5) is 4.13. The van der Waals surface area contributed by atoms with E-state index in [0.717, 1.165) is 12.4 Å². The van der Waals surface area contributed by atoms with Gasteiger partial charge in [-0.1, -0.05) is 27.2 Å². The van der Waals surface area contributed by atoms with Crippen LogP contribution in [-0.2, 0) is 6.54 Å². The SMILES string of the molecule is CC.CCCCn1ccnc1C. The molecule has 1 aromatic rings. The molecule has 2 heteroatoms. The summed E-state index contributed by atoms with van der Waals surface area (Å²) in [6, 6.07) is 0. The molecule has 70 valence electrons. The van der Waals surface area contributed by atoms with Crippen LogP contribution in [0.1, 0.15) is 39.4 Å². The molecule has 0 unspecified atom stereocenters. The Hall–Kier alpha value is -0.790. The van der Waals surface area contributed by atoms with Crippen molar-refractivity contribution in [3.63, 3.8) is 0 Å². The van der Waals surface area contributed by atoms with E-state index in [9.17, 15) is 0 Å². The summed E-state index contributed by atoms with van der Waals surface area (Å²) in [7, 11) is 0. The van der Waals surface area contributed by atoms with E-state index in [1.807, 2.05) is 33.2 Å². The van der Waals surface area contributed by atoms with E-state index in [-0.39, 0.29) is 0 Å². The van der Waals surface area contributed by atoms with E-state index in [1.165, 1.54) is 12.8 Å². The van der Waals surface area contributed by atoms with Crippen LogP contribution in [-0.4, -0.2) is 9.55 Å². The van der Waals surface area contributed by atoms with Crippen molar-refractivity contribution < 1.29 is 0 Å². The van der Waals surface area contributed by atoms with Gasteiger partial charge in [0, 0.05) is 18.9 Å². The van der Waals surface area contributed by atoms with Gasteiger partial charge in [-0.15, -0.1) is 0 Å². The molecule has 1 aromatic heterocycles. The van der Waals surface area contributed by atoms with Crippen molar-refractivity contribution in [1.82, 2.24) is 9.55 Å². The van der Waals surface area contributed by atoms with Crippen molar-refractivity contribution >= 4 is 0 Å². The van der Waals surface area contributed by atoms with Crippen LogP contribution in [0.2, 0.25) is 0 Å². The van der Waals surface area contributed by atoms with E-state index < -0.39 is 0 Å². The van der Waals surface area contributed by atoms with Crippen molar-refractivity contribution in [2.75, 3.05) is 0 Å². The smallest absolute Gasteiger partial charge is 0.105 e. The van der Waals surface area contributed by atoms with Crippen molar-refractivity contribution in [3.05, 3.63) is 18.2 Å². The van der Waals surface area contributed by atoms with Gasteiger partial charge >= 0.3 is 0 Å². The van der Waals surface area contributed by atoms with Crippen LogP contribution >= 0.6 is 0 Å². The van der Waals surface area contributed by atoms with Crippen molar-refractivity contribution in [2.45, 2.75) is 47.1 Å². The molecule has 0 atom stereocenters. The van der Waals surface area contributed by atoms with Crippen LogP contribution in [0.5, 0.6) is 0 Å². The standard InChI is InChI=1S/C8H14N2.C2H6/c1-3-4-6-10-7-5-9-8(10)2;1-2/h5,7H,3-4,6H2,1-2H3;1-2H3. The molecule has 0 aromatic carbocycles. The lowest BCUT2D eigenvalue weighted by Crippen LogP contribution is -1.97. The number of aryl methyl sites for hydroxylation is 2. The maximum absolute atomic E-state index is 4.13. The number of aromatic nitrogens is 2. The fourth-order valence-electron chi connectivity index (χ4n) is 0.969. The number of nitrogens with zero attached hydrogens (tertiary/aromatic N) is 2. The first kappa shape index (κ1) is 11.2. The molecule has 0 spiro atoms. The molecule has 0 saturated carbocycles. The molecular formula is C10H20N2. The van der Waals surface area contributed by atoms with E-state index in [4.69, 9.17) is 0 Å². The molecule has 12 heavy (non-hydrogen) atoms. The molecule has 0 aliphatic carbocycles. The zero-order valence-electron chi connectivity index (χ0n) is 8.67. The van der Waals surface area contributed by atoms with Crippen molar-refractivity contribution in [3.8, 4) is 0 Å². The number of hydrogen-bond acceptors (Lipinski definition) is 1. The summed E-state index contributed by atoms with van der Waals surface area (Å²) in [5, 5.41) is 0. The highest BCUT2D eigenvalue weighted by Crippen LogP contribution is 1.98. The number of imidazole rings is 1. The Balaban J connectivity index is 0.000000561. The second-order valence-electron chi connectivity index (χ2n) is 2.52. The van der Waals surface area contributed by atoms with Gasteiger partial charge in [0.2, 0.25) is 0 Å². The highest BCUT2D eigenvalue weighted by molar-refractivity contribution is 4.87. The first-order valence-electron chi connectivity index (χ1n) is 4.82. The molecule has 0 amide bonds. The van der Waals surface area contributed by atoms with Gasteiger partial charge in [-0.3, -0.25) is 0 Å². The number of unbranched alkanes of at least 4 members (excludes halogenated alkanes) is 1. The summed E-state index contributed by atoms with van der Waals surface area (Å²) in [5.41, 5.74) is 0. The molecule has 0 N–H and O–H groups in total. The first-order chi connectivity index (χ1) is 5.84. The molecule has 0 saturated heterocycles. The van der Waals surface area contributed by atoms with Gasteiger partial charge in [-0.2, -0.15) is 0 Å². The van der Waals surface area contributed by atoms with Crippen LogP contribution in [0.15, 0.2) is 12.4 Å². The lowest BCUT2D eigenvalue weighted by Gasteiger charge is -2.01. The first-order valence-corrected chi connectivity index (χ1v) is 4.82. The van der Waals surface area contributed by atoms with Gasteiger partial charge in [-0.05, 0) is 13.3 Å². The summed E-state index contributed by atoms with van der Waals surface area (Å²) < 4.78 is 2.18. The van der Waals surface area contributed by atoms with Crippen LogP contribution in [0.4, 0.5) is 0 Å². The fourth-order valence-corrected chi connectivity index (χ4v) is 0.969. The van der Waals surface area contributed by atoms with Gasteiger partial charge < -0.3 is 4.57 Å². The quantitative estimate of drug-likeness (QED) is 0.678. The molecule has 1 rings (SSSR count). The third-order valence-electron chi connectivity index (χ3n) is 1.68. The Morgan fingerprint density at radius 2 is 2.08 bits per heavy atom. The maximum Gasteiger partial charge on any atom is 0.105 e. The molecule has 0 fully saturated rings. The average molecular weight is 168 g/mol. The zero-order valence-corrected chi connectivity index (χ0v) is 8.67. The Morgan fingerprint density at radius 3 is 2.50 bits per heavy atom. The Bertz CT molecular complexity index is 191. The Morgan fingerprint density at radius 1 is 1.42 bits per heavy atom. The fraction of sp³-hybridized carbons (Fsp3) is 0.700. The molecular weight excluding hydrogens is 148 g/mol. The lowest BCUT2D eigenvalue weighted by molar-refractivity contribution is 0.616. The van der Waals surface area contributed by atoms with E-state index in [1.54, 1.807) is 0 Å². The predicted octanol–water partition coefficient (Wildman–Crippen LogP) is 3.02. The van der Waals surface area contributed by atoms with Crippen LogP contribution in [0.25, 0.3) is 0 Å². The highest BCUT2D eigenvalue weighted by Gasteiger charge is 1.93. The zero-order chi connectivity index (χ0) is 9.40. The van der Waals surface area contributed by atoms with Gasteiger partial charge in [0.15, 0.2) is 0 Å². The van der Waals surface area contributed by atoms with E-state index >= 15 is 0 Å². The Labute approximate surface area is 75.6 Å². The molecule has 1 heterocycles. The Kier molecular flexibility index (Phi) is 6.44. The lowest BCUT2D eigenvalue weighted by atomic mass is 10.3. The predicted molar refractivity (Wildman–Crippen MR) is 53.2 cm³/mol. The third kappa shape index (κ3) is 3.56. The number of hydrogen-bond donors (Lipinski definition) is 0. The van der Waals surface area contributed by atoms with E-state index in [0.29, 0.717) is 0 Å². The summed E-state index contributed by atoms with van der Waals surface area (Å²) in [5.74, 6) is 1.12. The van der Waals surface area contributed by atoms with Gasteiger partial charge in [0.05, 0.1) is 0 Å². The molecule has 0 aliphatic heterocycles. The summed E-state index contributed by atoms with van der Waals surface area (Å²) >= 11 is 0. The molecule has 0 bridgehead atoms. The van der Waals surface area contributed by atoms with Crippen molar-refractivity contribution in [2.24, 2.45) is 0 Å². The van der Waals surface area contributed by atoms with Gasteiger partial charge in [0.25, 0.3) is 0 Å². The summed E-state index contributed by atoms with van der Waals surface area (Å²) in [6.07, 6.45) is 6.38.